The van der Waals surface area contributed by atoms with Gasteiger partial charge in [0.1, 0.15) is 0 Å². The zero-order valence-corrected chi connectivity index (χ0v) is 15.9. The Balaban J connectivity index is 2.39. The summed E-state index contributed by atoms with van der Waals surface area (Å²) in [5.41, 5.74) is 0.457. The molecule has 126 valence electrons. The molecule has 0 aromatic heterocycles. The summed E-state index contributed by atoms with van der Waals surface area (Å²) in [6, 6.07) is 7.69. The second kappa shape index (κ2) is 7.67. The Morgan fingerprint density at radius 3 is 2.21 bits per heavy atom. The number of aromatic carboxylic acids is 1. The van der Waals surface area contributed by atoms with Crippen LogP contribution in [0.3, 0.4) is 0 Å². The van der Waals surface area contributed by atoms with Gasteiger partial charge in [-0.2, -0.15) is 0 Å². The van der Waals surface area contributed by atoms with E-state index < -0.39 is 11.9 Å². The first-order valence-corrected chi connectivity index (χ1v) is 8.21. The third kappa shape index (κ3) is 3.88. The lowest BCUT2D eigenvalue weighted by Crippen LogP contribution is -2.15. The number of carbonyl (C=O) groups is 2. The Kier molecular flexibility index (Phi) is 5.84. The zero-order valence-electron chi connectivity index (χ0n) is 12.7. The smallest absolute Gasteiger partial charge is 0.337 e. The van der Waals surface area contributed by atoms with Gasteiger partial charge in [0, 0.05) is 8.95 Å². The van der Waals surface area contributed by atoms with Crippen LogP contribution in [0.4, 0.5) is 5.69 Å². The third-order valence-electron chi connectivity index (χ3n) is 3.18. The summed E-state index contributed by atoms with van der Waals surface area (Å²) in [6.45, 7) is 0. The van der Waals surface area contributed by atoms with E-state index in [0.29, 0.717) is 20.4 Å². The van der Waals surface area contributed by atoms with Crippen LogP contribution in [-0.2, 0) is 0 Å². The van der Waals surface area contributed by atoms with Gasteiger partial charge in [0.2, 0.25) is 0 Å². The first kappa shape index (κ1) is 18.3. The van der Waals surface area contributed by atoms with Crippen molar-refractivity contribution >= 4 is 49.4 Å². The van der Waals surface area contributed by atoms with Crippen molar-refractivity contribution in [3.8, 4) is 11.5 Å². The summed E-state index contributed by atoms with van der Waals surface area (Å²) in [5, 5.41) is 11.9. The molecule has 0 atom stereocenters. The Hall–Kier alpha value is -2.06. The largest absolute Gasteiger partial charge is 0.493 e. The van der Waals surface area contributed by atoms with E-state index in [2.05, 4.69) is 37.2 Å². The van der Waals surface area contributed by atoms with Crippen LogP contribution in [0.2, 0.25) is 0 Å². The summed E-state index contributed by atoms with van der Waals surface area (Å²) in [5.74, 6) is -0.762. The van der Waals surface area contributed by atoms with Gasteiger partial charge in [-0.05, 0) is 46.3 Å². The number of nitrogens with one attached hydrogen (secondary N) is 1. The molecule has 2 rings (SSSR count). The topological polar surface area (TPSA) is 84.9 Å². The second-order valence-electron chi connectivity index (χ2n) is 4.64. The van der Waals surface area contributed by atoms with E-state index in [1.165, 1.54) is 32.4 Å². The molecule has 0 heterocycles. The van der Waals surface area contributed by atoms with E-state index >= 15 is 0 Å². The molecule has 0 aliphatic rings. The Morgan fingerprint density at radius 1 is 1.00 bits per heavy atom. The maximum absolute atomic E-state index is 12.5. The fraction of sp³-hybridized carbons (Fsp3) is 0.125. The standard InChI is InChI=1S/C16H13Br2NO5/c1-23-13-6-9(11(18)7-14(13)24-2)15(20)19-12-4-3-8(17)5-10(12)16(21)22/h3-7H,1-2H3,(H,19,20)(H,21,22). The molecule has 0 fully saturated rings. The lowest BCUT2D eigenvalue weighted by atomic mass is 10.1. The van der Waals surface area contributed by atoms with E-state index in [-0.39, 0.29) is 16.8 Å². The molecule has 0 saturated heterocycles. The molecule has 8 heteroatoms. The molecule has 0 bridgehead atoms. The third-order valence-corrected chi connectivity index (χ3v) is 4.33. The summed E-state index contributed by atoms with van der Waals surface area (Å²) in [6.07, 6.45) is 0. The summed E-state index contributed by atoms with van der Waals surface area (Å²) in [4.78, 5) is 23.8. The van der Waals surface area contributed by atoms with Crippen LogP contribution in [0.5, 0.6) is 11.5 Å². The fourth-order valence-corrected chi connectivity index (χ4v) is 2.88. The Labute approximate surface area is 155 Å². The van der Waals surface area contributed by atoms with E-state index in [9.17, 15) is 14.7 Å². The Bertz CT molecular complexity index is 807. The predicted molar refractivity (Wildman–Crippen MR) is 96.3 cm³/mol. The van der Waals surface area contributed by atoms with Gasteiger partial charge >= 0.3 is 5.97 Å². The van der Waals surface area contributed by atoms with Crippen molar-refractivity contribution in [1.29, 1.82) is 0 Å². The molecule has 0 saturated carbocycles. The molecule has 1 amide bonds. The molecule has 0 aliphatic heterocycles. The average Bonchev–Trinajstić information content (AvgIpc) is 2.55. The van der Waals surface area contributed by atoms with Gasteiger partial charge in [-0.15, -0.1) is 0 Å². The quantitative estimate of drug-likeness (QED) is 0.701. The molecule has 2 N–H and O–H groups in total. The lowest BCUT2D eigenvalue weighted by Gasteiger charge is -2.13. The van der Waals surface area contributed by atoms with Crippen LogP contribution in [0.15, 0.2) is 39.3 Å². The molecular formula is C16H13Br2NO5. The molecule has 0 spiro atoms. The minimum absolute atomic E-state index is 0.0191. The number of carboxylic acid groups (broad SMARTS) is 1. The van der Waals surface area contributed by atoms with Crippen molar-refractivity contribution in [2.24, 2.45) is 0 Å². The van der Waals surface area contributed by atoms with Crippen LogP contribution in [0, 0.1) is 0 Å². The van der Waals surface area contributed by atoms with Gasteiger partial charge in [-0.1, -0.05) is 15.9 Å². The van der Waals surface area contributed by atoms with Crippen LogP contribution in [-0.4, -0.2) is 31.2 Å². The van der Waals surface area contributed by atoms with Crippen molar-refractivity contribution in [1.82, 2.24) is 0 Å². The molecule has 6 nitrogen and oxygen atoms in total. The normalized spacial score (nSPS) is 10.2. The SMILES string of the molecule is COc1cc(Br)c(C(=O)Nc2ccc(Br)cc2C(=O)O)cc1OC. The number of hydrogen-bond donors (Lipinski definition) is 2. The van der Waals surface area contributed by atoms with Crippen LogP contribution in [0.1, 0.15) is 20.7 Å². The van der Waals surface area contributed by atoms with E-state index in [0.717, 1.165) is 0 Å². The summed E-state index contributed by atoms with van der Waals surface area (Å²) < 4.78 is 11.4. The molecule has 24 heavy (non-hydrogen) atoms. The predicted octanol–water partition coefficient (Wildman–Crippen LogP) is 4.18. The van der Waals surface area contributed by atoms with Crippen molar-refractivity contribution < 1.29 is 24.2 Å². The number of anilines is 1. The van der Waals surface area contributed by atoms with Gasteiger partial charge in [-0.3, -0.25) is 4.79 Å². The summed E-state index contributed by atoms with van der Waals surface area (Å²) >= 11 is 6.51. The maximum atomic E-state index is 12.5. The molecule has 0 aliphatic carbocycles. The van der Waals surface area contributed by atoms with Crippen molar-refractivity contribution in [3.63, 3.8) is 0 Å². The van der Waals surface area contributed by atoms with Crippen molar-refractivity contribution in [2.45, 2.75) is 0 Å². The number of methoxy groups -OCH3 is 2. The number of amides is 1. The number of carboxylic acids is 1. The molecular weight excluding hydrogens is 446 g/mol. The number of ether oxygens (including phenoxy) is 2. The average molecular weight is 459 g/mol. The highest BCUT2D eigenvalue weighted by Gasteiger charge is 2.18. The first-order valence-electron chi connectivity index (χ1n) is 6.63. The van der Waals surface area contributed by atoms with Gasteiger partial charge < -0.3 is 19.9 Å². The summed E-state index contributed by atoms with van der Waals surface area (Å²) in [7, 11) is 2.95. The van der Waals surface area contributed by atoms with E-state index in [1.54, 1.807) is 12.1 Å². The molecule has 0 unspecified atom stereocenters. The van der Waals surface area contributed by atoms with Gasteiger partial charge in [0.15, 0.2) is 11.5 Å². The van der Waals surface area contributed by atoms with Crippen LogP contribution in [0.25, 0.3) is 0 Å². The highest BCUT2D eigenvalue weighted by atomic mass is 79.9. The molecule has 2 aromatic carbocycles. The minimum atomic E-state index is -1.14. The number of hydrogen-bond acceptors (Lipinski definition) is 4. The number of benzene rings is 2. The number of rotatable bonds is 5. The zero-order chi connectivity index (χ0) is 17.9. The minimum Gasteiger partial charge on any atom is -0.493 e. The first-order chi connectivity index (χ1) is 11.4. The van der Waals surface area contributed by atoms with Crippen LogP contribution >= 0.6 is 31.9 Å². The number of carbonyl (C=O) groups excluding carboxylic acids is 1. The highest BCUT2D eigenvalue weighted by molar-refractivity contribution is 9.10. The maximum Gasteiger partial charge on any atom is 0.337 e. The van der Waals surface area contributed by atoms with Crippen molar-refractivity contribution in [3.05, 3.63) is 50.4 Å². The van der Waals surface area contributed by atoms with Gasteiger partial charge in [0.05, 0.1) is 31.0 Å². The van der Waals surface area contributed by atoms with Gasteiger partial charge in [-0.25, -0.2) is 4.79 Å². The highest BCUT2D eigenvalue weighted by Crippen LogP contribution is 2.34. The molecule has 2 aromatic rings. The Morgan fingerprint density at radius 2 is 1.62 bits per heavy atom. The monoisotopic (exact) mass is 457 g/mol. The molecule has 0 radical (unpaired) electrons. The van der Waals surface area contributed by atoms with E-state index in [4.69, 9.17) is 9.47 Å². The van der Waals surface area contributed by atoms with Crippen LogP contribution < -0.4 is 14.8 Å². The van der Waals surface area contributed by atoms with E-state index in [1.807, 2.05) is 0 Å². The second-order valence-corrected chi connectivity index (χ2v) is 6.41. The number of halogens is 2. The van der Waals surface area contributed by atoms with Crippen molar-refractivity contribution in [2.75, 3.05) is 19.5 Å². The fourth-order valence-electron chi connectivity index (χ4n) is 2.02. The van der Waals surface area contributed by atoms with Gasteiger partial charge in [0.25, 0.3) is 5.91 Å². The lowest BCUT2D eigenvalue weighted by molar-refractivity contribution is 0.0698.